The van der Waals surface area contributed by atoms with Crippen molar-refractivity contribution in [3.05, 3.63) is 44.8 Å². The quantitative estimate of drug-likeness (QED) is 0.729. The average molecular weight is 324 g/mol. The van der Waals surface area contributed by atoms with E-state index in [9.17, 15) is 14.7 Å². The SMILES string of the molecule is C[C@@](O)(CNC(=O)C(=O)NCc1cccs1)c1cccs1. The molecule has 2 aromatic heterocycles. The van der Waals surface area contributed by atoms with Crippen molar-refractivity contribution in [1.82, 2.24) is 10.6 Å². The highest BCUT2D eigenvalue weighted by Crippen LogP contribution is 2.24. The van der Waals surface area contributed by atoms with E-state index in [1.807, 2.05) is 29.0 Å². The van der Waals surface area contributed by atoms with Crippen LogP contribution >= 0.6 is 22.7 Å². The van der Waals surface area contributed by atoms with Gasteiger partial charge in [0.2, 0.25) is 0 Å². The van der Waals surface area contributed by atoms with Crippen LogP contribution in [0, 0.1) is 0 Å². The number of carbonyl (C=O) groups is 2. The lowest BCUT2D eigenvalue weighted by molar-refractivity contribution is -0.139. The van der Waals surface area contributed by atoms with Crippen molar-refractivity contribution in [3.63, 3.8) is 0 Å². The van der Waals surface area contributed by atoms with Crippen LogP contribution in [0.5, 0.6) is 0 Å². The summed E-state index contributed by atoms with van der Waals surface area (Å²) in [5.41, 5.74) is -1.18. The summed E-state index contributed by atoms with van der Waals surface area (Å²) < 4.78 is 0. The number of carbonyl (C=O) groups excluding carboxylic acids is 2. The Morgan fingerprint density at radius 3 is 2.43 bits per heavy atom. The van der Waals surface area contributed by atoms with E-state index >= 15 is 0 Å². The second kappa shape index (κ2) is 6.84. The Kier molecular flexibility index (Phi) is 5.11. The van der Waals surface area contributed by atoms with E-state index < -0.39 is 17.4 Å². The van der Waals surface area contributed by atoms with Crippen molar-refractivity contribution in [2.75, 3.05) is 6.54 Å². The van der Waals surface area contributed by atoms with Gasteiger partial charge < -0.3 is 15.7 Å². The summed E-state index contributed by atoms with van der Waals surface area (Å²) >= 11 is 2.91. The number of hydrogen-bond acceptors (Lipinski definition) is 5. The minimum absolute atomic E-state index is 0.0151. The lowest BCUT2D eigenvalue weighted by Gasteiger charge is -2.22. The van der Waals surface area contributed by atoms with E-state index in [-0.39, 0.29) is 6.54 Å². The Bertz CT molecular complexity index is 592. The Hall–Kier alpha value is -1.70. The normalized spacial score (nSPS) is 13.4. The Morgan fingerprint density at radius 2 is 1.81 bits per heavy atom. The molecule has 0 aliphatic carbocycles. The standard InChI is InChI=1S/C14H16N2O3S2/c1-14(19,11-5-3-7-21-11)9-16-13(18)12(17)15-8-10-4-2-6-20-10/h2-7,19H,8-9H2,1H3,(H,15,17)(H,16,18)/t14-/m1/s1. The molecule has 5 nitrogen and oxygen atoms in total. The summed E-state index contributed by atoms with van der Waals surface area (Å²) in [6.07, 6.45) is 0. The zero-order chi connectivity index (χ0) is 15.3. The highest BCUT2D eigenvalue weighted by atomic mass is 32.1. The van der Waals surface area contributed by atoms with Crippen molar-refractivity contribution < 1.29 is 14.7 Å². The Balaban J connectivity index is 1.80. The second-order valence-electron chi connectivity index (χ2n) is 4.70. The molecule has 0 saturated carbocycles. The molecule has 7 heteroatoms. The average Bonchev–Trinajstić information content (AvgIpc) is 3.14. The maximum Gasteiger partial charge on any atom is 0.309 e. The molecule has 2 rings (SSSR count). The lowest BCUT2D eigenvalue weighted by atomic mass is 10.1. The zero-order valence-electron chi connectivity index (χ0n) is 11.5. The topological polar surface area (TPSA) is 78.4 Å². The Morgan fingerprint density at radius 1 is 1.14 bits per heavy atom. The molecule has 0 aromatic carbocycles. The van der Waals surface area contributed by atoms with Crippen LogP contribution in [-0.4, -0.2) is 23.5 Å². The van der Waals surface area contributed by atoms with Gasteiger partial charge in [-0.25, -0.2) is 0 Å². The molecule has 112 valence electrons. The largest absolute Gasteiger partial charge is 0.383 e. The van der Waals surface area contributed by atoms with E-state index in [0.717, 1.165) is 9.75 Å². The van der Waals surface area contributed by atoms with Crippen LogP contribution in [-0.2, 0) is 21.7 Å². The first-order chi connectivity index (χ1) is 9.99. The van der Waals surface area contributed by atoms with E-state index in [1.165, 1.54) is 22.7 Å². The van der Waals surface area contributed by atoms with Gasteiger partial charge in [0.1, 0.15) is 5.60 Å². The summed E-state index contributed by atoms with van der Waals surface area (Å²) in [5.74, 6) is -1.45. The fourth-order valence-corrected chi connectivity index (χ4v) is 3.10. The summed E-state index contributed by atoms with van der Waals surface area (Å²) in [6.45, 7) is 1.91. The minimum atomic E-state index is -1.18. The molecule has 2 amide bonds. The van der Waals surface area contributed by atoms with Crippen LogP contribution in [0.15, 0.2) is 35.0 Å². The van der Waals surface area contributed by atoms with Crippen LogP contribution in [0.25, 0.3) is 0 Å². The van der Waals surface area contributed by atoms with Gasteiger partial charge in [0.15, 0.2) is 0 Å². The fourth-order valence-electron chi connectivity index (χ4n) is 1.67. The third-order valence-corrected chi connectivity index (χ3v) is 4.85. The summed E-state index contributed by atoms with van der Waals surface area (Å²) in [6, 6.07) is 7.37. The number of nitrogens with one attached hydrogen (secondary N) is 2. The molecule has 0 spiro atoms. The third kappa shape index (κ3) is 4.38. The van der Waals surface area contributed by atoms with Crippen molar-refractivity contribution in [3.8, 4) is 0 Å². The van der Waals surface area contributed by atoms with Gasteiger partial charge in [-0.15, -0.1) is 22.7 Å². The van der Waals surface area contributed by atoms with Crippen molar-refractivity contribution in [1.29, 1.82) is 0 Å². The van der Waals surface area contributed by atoms with Gasteiger partial charge in [0.05, 0.1) is 13.1 Å². The van der Waals surface area contributed by atoms with Gasteiger partial charge in [-0.3, -0.25) is 9.59 Å². The van der Waals surface area contributed by atoms with E-state index in [2.05, 4.69) is 10.6 Å². The molecule has 0 saturated heterocycles. The van der Waals surface area contributed by atoms with E-state index in [1.54, 1.807) is 13.0 Å². The van der Waals surface area contributed by atoms with Crippen LogP contribution in [0.2, 0.25) is 0 Å². The minimum Gasteiger partial charge on any atom is -0.383 e. The molecule has 2 aromatic rings. The zero-order valence-corrected chi connectivity index (χ0v) is 13.1. The third-order valence-electron chi connectivity index (χ3n) is 2.85. The number of thiophene rings is 2. The predicted molar refractivity (Wildman–Crippen MR) is 83.1 cm³/mol. The molecular weight excluding hydrogens is 308 g/mol. The van der Waals surface area contributed by atoms with Gasteiger partial charge in [-0.2, -0.15) is 0 Å². The van der Waals surface area contributed by atoms with Crippen molar-refractivity contribution in [2.24, 2.45) is 0 Å². The van der Waals surface area contributed by atoms with Crippen LogP contribution in [0.3, 0.4) is 0 Å². The highest BCUT2D eigenvalue weighted by molar-refractivity contribution is 7.10. The van der Waals surface area contributed by atoms with Crippen LogP contribution < -0.4 is 10.6 Å². The van der Waals surface area contributed by atoms with Gasteiger partial charge in [0, 0.05) is 9.75 Å². The fraction of sp³-hybridized carbons (Fsp3) is 0.286. The summed E-state index contributed by atoms with van der Waals surface area (Å²) in [7, 11) is 0. The van der Waals surface area contributed by atoms with Gasteiger partial charge >= 0.3 is 11.8 Å². The molecule has 21 heavy (non-hydrogen) atoms. The molecule has 1 atom stereocenters. The molecule has 0 aliphatic heterocycles. The van der Waals surface area contributed by atoms with Gasteiger partial charge in [0.25, 0.3) is 0 Å². The van der Waals surface area contributed by atoms with Crippen molar-refractivity contribution >= 4 is 34.5 Å². The smallest absolute Gasteiger partial charge is 0.309 e. The number of amides is 2. The maximum absolute atomic E-state index is 11.7. The predicted octanol–water partition coefficient (Wildman–Crippen LogP) is 1.45. The van der Waals surface area contributed by atoms with Crippen molar-refractivity contribution in [2.45, 2.75) is 19.1 Å². The van der Waals surface area contributed by atoms with E-state index in [0.29, 0.717) is 6.54 Å². The van der Waals surface area contributed by atoms with Gasteiger partial charge in [-0.05, 0) is 29.8 Å². The number of aliphatic hydroxyl groups is 1. The molecule has 0 aliphatic rings. The molecule has 0 unspecified atom stereocenters. The summed E-state index contributed by atoms with van der Waals surface area (Å²) in [4.78, 5) is 25.0. The monoisotopic (exact) mass is 324 g/mol. The first-order valence-corrected chi connectivity index (χ1v) is 8.10. The van der Waals surface area contributed by atoms with Crippen LogP contribution in [0.1, 0.15) is 16.7 Å². The van der Waals surface area contributed by atoms with Gasteiger partial charge in [-0.1, -0.05) is 12.1 Å². The number of hydrogen-bond donors (Lipinski definition) is 3. The van der Waals surface area contributed by atoms with Crippen LogP contribution in [0.4, 0.5) is 0 Å². The Labute approximate surface area is 130 Å². The molecule has 3 N–H and O–H groups in total. The molecule has 0 fully saturated rings. The first kappa shape index (κ1) is 15.7. The second-order valence-corrected chi connectivity index (χ2v) is 6.68. The lowest BCUT2D eigenvalue weighted by Crippen LogP contribution is -2.44. The molecular formula is C14H16N2O3S2. The molecule has 2 heterocycles. The molecule has 0 bridgehead atoms. The maximum atomic E-state index is 11.7. The van der Waals surface area contributed by atoms with E-state index in [4.69, 9.17) is 0 Å². The number of rotatable bonds is 5. The molecule has 0 radical (unpaired) electrons. The summed E-state index contributed by atoms with van der Waals surface area (Å²) in [5, 5.41) is 19.0. The highest BCUT2D eigenvalue weighted by Gasteiger charge is 2.26. The first-order valence-electron chi connectivity index (χ1n) is 6.34.